The molecule has 0 spiro atoms. The molecular weight excluding hydrogens is 265 g/mol. The molecule has 3 rings (SSSR count). The predicted octanol–water partition coefficient (Wildman–Crippen LogP) is 1.31. The number of rotatable bonds is 2. The van der Waals surface area contributed by atoms with Crippen molar-refractivity contribution in [1.29, 1.82) is 0 Å². The first-order valence-electron chi connectivity index (χ1n) is 6.51. The van der Waals surface area contributed by atoms with Crippen LogP contribution in [0.2, 0.25) is 0 Å². The number of benzene rings is 1. The lowest BCUT2D eigenvalue weighted by Crippen LogP contribution is -2.36. The van der Waals surface area contributed by atoms with E-state index in [2.05, 4.69) is 5.32 Å². The second-order valence-corrected chi connectivity index (χ2v) is 4.84. The van der Waals surface area contributed by atoms with Crippen LogP contribution < -0.4 is 5.32 Å². The highest BCUT2D eigenvalue weighted by Gasteiger charge is 2.28. The Kier molecular flexibility index (Phi) is 3.50. The van der Waals surface area contributed by atoms with Gasteiger partial charge >= 0.3 is 0 Å². The fourth-order valence-electron chi connectivity index (χ4n) is 2.40. The third kappa shape index (κ3) is 2.44. The Morgan fingerprint density at radius 1 is 1.30 bits per heavy atom. The minimum atomic E-state index is -0.755. The topological polar surface area (TPSA) is 64.6 Å². The van der Waals surface area contributed by atoms with E-state index in [4.69, 9.17) is 9.47 Å². The van der Waals surface area contributed by atoms with Gasteiger partial charge in [-0.3, -0.25) is 9.59 Å². The number of ketones is 1. The third-order valence-electron chi connectivity index (χ3n) is 3.46. The molecule has 2 heterocycles. The smallest absolute Gasteiger partial charge is 0.224 e. The normalized spacial score (nSPS) is 22.1. The van der Waals surface area contributed by atoms with Gasteiger partial charge in [0, 0.05) is 12.1 Å². The molecule has 20 heavy (non-hydrogen) atoms. The lowest BCUT2D eigenvalue weighted by atomic mass is 9.96. The summed E-state index contributed by atoms with van der Waals surface area (Å²) >= 11 is 0. The fourth-order valence-corrected chi connectivity index (χ4v) is 2.40. The summed E-state index contributed by atoms with van der Waals surface area (Å²) < 4.78 is 24.5. The molecule has 1 N–H and O–H groups in total. The Morgan fingerprint density at radius 3 is 2.90 bits per heavy atom. The first-order valence-corrected chi connectivity index (χ1v) is 6.51. The number of aryl methyl sites for hydroxylation is 1. The van der Waals surface area contributed by atoms with E-state index in [9.17, 15) is 14.0 Å². The zero-order valence-electron chi connectivity index (χ0n) is 10.8. The summed E-state index contributed by atoms with van der Waals surface area (Å²) in [5, 5.41) is 2.60. The van der Waals surface area contributed by atoms with E-state index in [1.54, 1.807) is 0 Å². The van der Waals surface area contributed by atoms with E-state index < -0.39 is 17.7 Å². The molecule has 1 unspecified atom stereocenters. The number of carbonyl (C=O) groups is 2. The lowest BCUT2D eigenvalue weighted by molar-refractivity contribution is -0.116. The van der Waals surface area contributed by atoms with Crippen LogP contribution in [0.5, 0.6) is 0 Å². The molecule has 1 fully saturated rings. The maximum Gasteiger partial charge on any atom is 0.224 e. The molecule has 2 aliphatic heterocycles. The van der Waals surface area contributed by atoms with Crippen LogP contribution in [0.3, 0.4) is 0 Å². The highest BCUT2D eigenvalue weighted by molar-refractivity contribution is 6.01. The molecule has 6 heteroatoms. The highest BCUT2D eigenvalue weighted by Crippen LogP contribution is 2.27. The number of anilines is 1. The van der Waals surface area contributed by atoms with E-state index in [0.29, 0.717) is 31.7 Å². The average molecular weight is 279 g/mol. The SMILES string of the molecule is O=C1CCc2cc(C(=O)C3COCCO3)c(F)cc2N1. The zero-order chi connectivity index (χ0) is 14.1. The highest BCUT2D eigenvalue weighted by atomic mass is 19.1. The van der Waals surface area contributed by atoms with Crippen molar-refractivity contribution >= 4 is 17.4 Å². The van der Waals surface area contributed by atoms with Crippen LogP contribution in [-0.4, -0.2) is 37.6 Å². The van der Waals surface area contributed by atoms with Gasteiger partial charge in [0.2, 0.25) is 5.91 Å². The molecule has 1 aromatic carbocycles. The largest absolute Gasteiger partial charge is 0.376 e. The summed E-state index contributed by atoms with van der Waals surface area (Å²) in [6.45, 7) is 0.924. The number of carbonyl (C=O) groups excluding carboxylic acids is 2. The molecule has 1 saturated heterocycles. The minimum Gasteiger partial charge on any atom is -0.376 e. The summed E-state index contributed by atoms with van der Waals surface area (Å²) in [6, 6.07) is 2.70. The molecule has 0 radical (unpaired) electrons. The van der Waals surface area contributed by atoms with Crippen LogP contribution in [0.25, 0.3) is 0 Å². The lowest BCUT2D eigenvalue weighted by Gasteiger charge is -2.23. The van der Waals surface area contributed by atoms with Crippen LogP contribution in [0.4, 0.5) is 10.1 Å². The molecule has 106 valence electrons. The molecule has 0 aromatic heterocycles. The number of amides is 1. The third-order valence-corrected chi connectivity index (χ3v) is 3.46. The van der Waals surface area contributed by atoms with Crippen molar-refractivity contribution < 1.29 is 23.5 Å². The van der Waals surface area contributed by atoms with Gasteiger partial charge in [-0.1, -0.05) is 0 Å². The van der Waals surface area contributed by atoms with Crippen LogP contribution in [0.1, 0.15) is 22.3 Å². The summed E-state index contributed by atoms with van der Waals surface area (Å²) in [6.07, 6.45) is 0.0912. The monoisotopic (exact) mass is 279 g/mol. The van der Waals surface area contributed by atoms with Gasteiger partial charge in [-0.15, -0.1) is 0 Å². The Bertz CT molecular complexity index is 567. The Morgan fingerprint density at radius 2 is 2.15 bits per heavy atom. The molecule has 1 amide bonds. The van der Waals surface area contributed by atoms with Crippen molar-refractivity contribution in [1.82, 2.24) is 0 Å². The first kappa shape index (κ1) is 13.2. The maximum absolute atomic E-state index is 14.0. The first-order chi connectivity index (χ1) is 9.65. The quantitative estimate of drug-likeness (QED) is 0.829. The number of Topliss-reactive ketones (excluding diaryl/α,β-unsaturated/α-hetero) is 1. The molecule has 0 aliphatic carbocycles. The Labute approximate surface area is 115 Å². The van der Waals surface area contributed by atoms with Gasteiger partial charge in [-0.05, 0) is 24.1 Å². The number of nitrogens with one attached hydrogen (secondary N) is 1. The van der Waals surface area contributed by atoms with Gasteiger partial charge in [0.1, 0.15) is 11.9 Å². The molecule has 2 aliphatic rings. The number of fused-ring (bicyclic) bond motifs is 1. The van der Waals surface area contributed by atoms with Gasteiger partial charge < -0.3 is 14.8 Å². The maximum atomic E-state index is 14.0. The number of halogens is 1. The van der Waals surface area contributed by atoms with Crippen LogP contribution >= 0.6 is 0 Å². The van der Waals surface area contributed by atoms with Gasteiger partial charge in [0.15, 0.2) is 5.78 Å². The molecule has 0 bridgehead atoms. The van der Waals surface area contributed by atoms with Crippen LogP contribution in [0.15, 0.2) is 12.1 Å². The molecular formula is C14H14FNO4. The van der Waals surface area contributed by atoms with E-state index in [1.807, 2.05) is 0 Å². The Hall–Kier alpha value is -1.79. The van der Waals surface area contributed by atoms with Gasteiger partial charge in [-0.2, -0.15) is 0 Å². The molecule has 1 atom stereocenters. The predicted molar refractivity (Wildman–Crippen MR) is 68.2 cm³/mol. The van der Waals surface area contributed by atoms with E-state index >= 15 is 0 Å². The standard InChI is InChI=1S/C14H14FNO4/c15-10-6-11-8(1-2-13(17)16-11)5-9(10)14(18)12-7-19-3-4-20-12/h5-6,12H,1-4,7H2,(H,16,17). The van der Waals surface area contributed by atoms with Crippen molar-refractivity contribution in [3.8, 4) is 0 Å². The van der Waals surface area contributed by atoms with Gasteiger partial charge in [0.25, 0.3) is 0 Å². The van der Waals surface area contributed by atoms with Crippen molar-refractivity contribution in [3.05, 3.63) is 29.1 Å². The van der Waals surface area contributed by atoms with Gasteiger partial charge in [-0.25, -0.2) is 4.39 Å². The number of ether oxygens (including phenoxy) is 2. The zero-order valence-corrected chi connectivity index (χ0v) is 10.8. The average Bonchev–Trinajstić information content (AvgIpc) is 2.46. The molecule has 1 aromatic rings. The van der Waals surface area contributed by atoms with Crippen molar-refractivity contribution in [2.75, 3.05) is 25.1 Å². The van der Waals surface area contributed by atoms with Crippen LogP contribution in [0, 0.1) is 5.82 Å². The summed E-state index contributed by atoms with van der Waals surface area (Å²) in [5.41, 5.74) is 1.21. The molecule has 0 saturated carbocycles. The summed E-state index contributed by atoms with van der Waals surface area (Å²) in [7, 11) is 0. The van der Waals surface area contributed by atoms with Crippen molar-refractivity contribution in [2.45, 2.75) is 18.9 Å². The second kappa shape index (κ2) is 5.30. The summed E-state index contributed by atoms with van der Waals surface area (Å²) in [5.74, 6) is -1.20. The number of hydrogen-bond donors (Lipinski definition) is 1. The van der Waals surface area contributed by atoms with Crippen LogP contribution in [-0.2, 0) is 20.7 Å². The second-order valence-electron chi connectivity index (χ2n) is 4.84. The summed E-state index contributed by atoms with van der Waals surface area (Å²) in [4.78, 5) is 23.5. The Balaban J connectivity index is 1.89. The fraction of sp³-hybridized carbons (Fsp3) is 0.429. The molecule has 5 nitrogen and oxygen atoms in total. The van der Waals surface area contributed by atoms with E-state index in [1.165, 1.54) is 12.1 Å². The van der Waals surface area contributed by atoms with Crippen molar-refractivity contribution in [3.63, 3.8) is 0 Å². The minimum absolute atomic E-state index is 0.00426. The number of hydrogen-bond acceptors (Lipinski definition) is 4. The van der Waals surface area contributed by atoms with Gasteiger partial charge in [0.05, 0.1) is 25.4 Å². The van der Waals surface area contributed by atoms with Crippen molar-refractivity contribution in [2.24, 2.45) is 0 Å². The van der Waals surface area contributed by atoms with E-state index in [-0.39, 0.29) is 18.1 Å². The van der Waals surface area contributed by atoms with E-state index in [0.717, 1.165) is 5.56 Å².